The van der Waals surface area contributed by atoms with E-state index in [1.807, 2.05) is 0 Å². The average Bonchev–Trinajstić information content (AvgIpc) is 2.30. The van der Waals surface area contributed by atoms with E-state index in [-0.39, 0.29) is 0 Å². The molecule has 54 valence electrons. The van der Waals surface area contributed by atoms with Gasteiger partial charge in [0, 0.05) is 13.1 Å². The first kappa shape index (κ1) is 6.80. The summed E-state index contributed by atoms with van der Waals surface area (Å²) in [5.41, 5.74) is 0.511. The minimum absolute atomic E-state index is 0.463. The van der Waals surface area contributed by atoms with Crippen molar-refractivity contribution in [3.63, 3.8) is 0 Å². The zero-order valence-electron chi connectivity index (χ0n) is 5.87. The molecule has 10 heavy (non-hydrogen) atoms. The number of rotatable bonds is 2. The van der Waals surface area contributed by atoms with Gasteiger partial charge in [0.15, 0.2) is 6.29 Å². The summed E-state index contributed by atoms with van der Waals surface area (Å²) in [6, 6.07) is 1.58. The van der Waals surface area contributed by atoms with E-state index in [1.165, 1.54) is 11.8 Å². The average molecular weight is 140 g/mol. The van der Waals surface area contributed by atoms with E-state index in [4.69, 9.17) is 4.74 Å². The van der Waals surface area contributed by atoms with E-state index in [9.17, 15) is 4.79 Å². The highest BCUT2D eigenvalue weighted by Crippen LogP contribution is 2.06. The van der Waals surface area contributed by atoms with Crippen LogP contribution in [0.25, 0.3) is 0 Å². The van der Waals surface area contributed by atoms with E-state index >= 15 is 0 Å². The van der Waals surface area contributed by atoms with Crippen LogP contribution in [0.3, 0.4) is 0 Å². The molecule has 0 radical (unpaired) electrons. The van der Waals surface area contributed by atoms with Crippen molar-refractivity contribution in [2.45, 2.75) is 0 Å². The smallest absolute Gasteiger partial charge is 0.233 e. The zero-order chi connectivity index (χ0) is 7.56. The van der Waals surface area contributed by atoms with Gasteiger partial charge in [0.25, 0.3) is 0 Å². The fourth-order valence-corrected chi connectivity index (χ4v) is 0.664. The first-order chi connectivity index (χ1) is 4.77. The van der Waals surface area contributed by atoms with Gasteiger partial charge in [0.1, 0.15) is 5.69 Å². The highest BCUT2D eigenvalue weighted by Gasteiger charge is 2.01. The molecule has 1 aromatic heterocycles. The summed E-state index contributed by atoms with van der Waals surface area (Å²) in [6.07, 6.45) is 0.732. The summed E-state index contributed by atoms with van der Waals surface area (Å²) in [5, 5.41) is 3.86. The number of aromatic nitrogens is 2. The van der Waals surface area contributed by atoms with Crippen molar-refractivity contribution < 1.29 is 9.53 Å². The first-order valence-corrected chi connectivity index (χ1v) is 2.81. The molecule has 0 bridgehead atoms. The van der Waals surface area contributed by atoms with E-state index in [0.29, 0.717) is 11.6 Å². The highest BCUT2D eigenvalue weighted by molar-refractivity contribution is 5.72. The maximum absolute atomic E-state index is 10.2. The third-order valence-corrected chi connectivity index (χ3v) is 1.22. The van der Waals surface area contributed by atoms with E-state index in [0.717, 1.165) is 6.29 Å². The Morgan fingerprint density at radius 3 is 2.80 bits per heavy atom. The van der Waals surface area contributed by atoms with Crippen LogP contribution in [0.4, 0.5) is 0 Å². The second-order valence-electron chi connectivity index (χ2n) is 1.85. The molecule has 0 aliphatic rings. The second kappa shape index (κ2) is 2.51. The predicted molar refractivity (Wildman–Crippen MR) is 35.1 cm³/mol. The molecule has 0 N–H and O–H groups in total. The summed E-state index contributed by atoms with van der Waals surface area (Å²) in [7, 11) is 3.20. The van der Waals surface area contributed by atoms with Crippen LogP contribution in [-0.2, 0) is 7.05 Å². The molecule has 0 saturated heterocycles. The van der Waals surface area contributed by atoms with E-state index in [1.54, 1.807) is 13.1 Å². The Labute approximate surface area is 58.4 Å². The number of carbonyl (C=O) groups excluding carboxylic acids is 1. The Kier molecular flexibility index (Phi) is 1.71. The number of hydrogen-bond acceptors (Lipinski definition) is 3. The van der Waals surface area contributed by atoms with Crippen LogP contribution in [-0.4, -0.2) is 23.2 Å². The Bertz CT molecular complexity index is 242. The molecule has 0 unspecified atom stereocenters. The molecular formula is C6H8N2O2. The first-order valence-electron chi connectivity index (χ1n) is 2.81. The molecule has 4 heteroatoms. The number of hydrogen-bond donors (Lipinski definition) is 0. The largest absolute Gasteiger partial charge is 0.480 e. The van der Waals surface area contributed by atoms with Crippen molar-refractivity contribution in [2.75, 3.05) is 7.11 Å². The van der Waals surface area contributed by atoms with Gasteiger partial charge in [-0.25, -0.2) is 0 Å². The number of carbonyl (C=O) groups is 1. The molecule has 1 aromatic rings. The maximum atomic E-state index is 10.2. The highest BCUT2D eigenvalue weighted by atomic mass is 16.5. The van der Waals surface area contributed by atoms with Crippen molar-refractivity contribution in [3.05, 3.63) is 11.8 Å². The Hall–Kier alpha value is -1.32. The number of ether oxygens (including phenoxy) is 1. The summed E-state index contributed by atoms with van der Waals surface area (Å²) in [4.78, 5) is 10.2. The quantitative estimate of drug-likeness (QED) is 0.553. The molecule has 0 spiro atoms. The number of methoxy groups -OCH3 is 1. The zero-order valence-corrected chi connectivity index (χ0v) is 5.87. The molecule has 0 aliphatic carbocycles. The molecule has 0 aromatic carbocycles. The lowest BCUT2D eigenvalue weighted by Gasteiger charge is -1.88. The van der Waals surface area contributed by atoms with Gasteiger partial charge in [0.2, 0.25) is 5.88 Å². The minimum atomic E-state index is 0.463. The van der Waals surface area contributed by atoms with Crippen molar-refractivity contribution in [2.24, 2.45) is 7.05 Å². The normalized spacial score (nSPS) is 9.40. The molecule has 0 atom stereocenters. The number of aryl methyl sites for hydroxylation is 1. The van der Waals surface area contributed by atoms with Crippen LogP contribution in [0.5, 0.6) is 5.88 Å². The van der Waals surface area contributed by atoms with Gasteiger partial charge < -0.3 is 4.74 Å². The van der Waals surface area contributed by atoms with Crippen LogP contribution in [0, 0.1) is 0 Å². The van der Waals surface area contributed by atoms with Crippen molar-refractivity contribution in [3.8, 4) is 5.88 Å². The SMILES string of the molecule is COc1cc(C=O)n(C)n1. The van der Waals surface area contributed by atoms with Gasteiger partial charge in [-0.3, -0.25) is 9.48 Å². The molecule has 0 fully saturated rings. The minimum Gasteiger partial charge on any atom is -0.480 e. The second-order valence-corrected chi connectivity index (χ2v) is 1.85. The molecule has 0 saturated carbocycles. The molecule has 0 amide bonds. The van der Waals surface area contributed by atoms with Gasteiger partial charge in [-0.2, -0.15) is 0 Å². The Morgan fingerprint density at radius 1 is 1.80 bits per heavy atom. The standard InChI is InChI=1S/C6H8N2O2/c1-8-5(4-9)3-6(7-8)10-2/h3-4H,1-2H3. The fraction of sp³-hybridized carbons (Fsp3) is 0.333. The van der Waals surface area contributed by atoms with E-state index < -0.39 is 0 Å². The molecule has 1 rings (SSSR count). The monoisotopic (exact) mass is 140 g/mol. The molecule has 4 nitrogen and oxygen atoms in total. The van der Waals surface area contributed by atoms with Gasteiger partial charge in [0.05, 0.1) is 7.11 Å². The summed E-state index contributed by atoms with van der Waals surface area (Å²) < 4.78 is 6.25. The molecular weight excluding hydrogens is 132 g/mol. The van der Waals surface area contributed by atoms with Crippen molar-refractivity contribution >= 4 is 6.29 Å². The summed E-state index contributed by atoms with van der Waals surface area (Å²) in [6.45, 7) is 0. The number of nitrogens with zero attached hydrogens (tertiary/aromatic N) is 2. The lowest BCUT2D eigenvalue weighted by molar-refractivity contribution is 0.111. The lowest BCUT2D eigenvalue weighted by atomic mass is 10.5. The Morgan fingerprint density at radius 2 is 2.50 bits per heavy atom. The maximum Gasteiger partial charge on any atom is 0.233 e. The Balaban J connectivity index is 3.03. The topological polar surface area (TPSA) is 44.1 Å². The lowest BCUT2D eigenvalue weighted by Crippen LogP contribution is -1.95. The van der Waals surface area contributed by atoms with Gasteiger partial charge in [-0.05, 0) is 0 Å². The van der Waals surface area contributed by atoms with Crippen LogP contribution >= 0.6 is 0 Å². The summed E-state index contributed by atoms with van der Waals surface area (Å²) in [5.74, 6) is 0.463. The third-order valence-electron chi connectivity index (χ3n) is 1.22. The van der Waals surface area contributed by atoms with Crippen LogP contribution in [0.2, 0.25) is 0 Å². The van der Waals surface area contributed by atoms with Gasteiger partial charge in [-0.15, -0.1) is 5.10 Å². The van der Waals surface area contributed by atoms with Crippen LogP contribution in [0.1, 0.15) is 10.5 Å². The third kappa shape index (κ3) is 1.00. The summed E-state index contributed by atoms with van der Waals surface area (Å²) >= 11 is 0. The number of aldehydes is 1. The van der Waals surface area contributed by atoms with Gasteiger partial charge in [-0.1, -0.05) is 0 Å². The van der Waals surface area contributed by atoms with Gasteiger partial charge >= 0.3 is 0 Å². The van der Waals surface area contributed by atoms with Crippen molar-refractivity contribution in [1.29, 1.82) is 0 Å². The molecule has 1 heterocycles. The predicted octanol–water partition coefficient (Wildman–Crippen LogP) is 0.241. The van der Waals surface area contributed by atoms with Crippen LogP contribution in [0.15, 0.2) is 6.07 Å². The van der Waals surface area contributed by atoms with Crippen LogP contribution < -0.4 is 4.74 Å². The molecule has 0 aliphatic heterocycles. The van der Waals surface area contributed by atoms with E-state index in [2.05, 4.69) is 5.10 Å². The van der Waals surface area contributed by atoms with Crippen molar-refractivity contribution in [1.82, 2.24) is 9.78 Å². The fourth-order valence-electron chi connectivity index (χ4n) is 0.664.